The first-order valence-electron chi connectivity index (χ1n) is 7.64. The fraction of sp³-hybridized carbons (Fsp3) is 0.333. The Morgan fingerprint density at radius 3 is 2.86 bits per heavy atom. The first-order chi connectivity index (χ1) is 10.8. The molecule has 2 bridgehead atoms. The molecule has 1 N–H and O–H groups in total. The van der Waals surface area contributed by atoms with Crippen LogP contribution in [0.1, 0.15) is 47.8 Å². The highest BCUT2D eigenvalue weighted by Crippen LogP contribution is 2.57. The number of nitriles is 1. The average Bonchev–Trinajstić information content (AvgIpc) is 3.17. The van der Waals surface area contributed by atoms with Gasteiger partial charge in [0.2, 0.25) is 5.88 Å². The summed E-state index contributed by atoms with van der Waals surface area (Å²) in [5.41, 5.74) is 5.30. The lowest BCUT2D eigenvalue weighted by atomic mass is 9.91. The second-order valence-corrected chi connectivity index (χ2v) is 6.03. The molecule has 2 aliphatic carbocycles. The fourth-order valence-corrected chi connectivity index (χ4v) is 3.95. The van der Waals surface area contributed by atoms with Crippen LogP contribution in [0.4, 0.5) is 11.4 Å². The van der Waals surface area contributed by atoms with Crippen LogP contribution in [0.25, 0.3) is 0 Å². The Bertz CT molecular complexity index is 778. The maximum Gasteiger partial charge on any atom is 0.216 e. The predicted molar refractivity (Wildman–Crippen MR) is 84.6 cm³/mol. The summed E-state index contributed by atoms with van der Waals surface area (Å²) >= 11 is 0. The number of ether oxygens (including phenoxy) is 1. The number of rotatable bonds is 3. The van der Waals surface area contributed by atoms with E-state index < -0.39 is 0 Å². The van der Waals surface area contributed by atoms with Crippen molar-refractivity contribution in [2.45, 2.75) is 31.1 Å². The van der Waals surface area contributed by atoms with Gasteiger partial charge in [0.05, 0.1) is 30.6 Å². The number of methoxy groups -OCH3 is 1. The van der Waals surface area contributed by atoms with Gasteiger partial charge in [-0.25, -0.2) is 4.98 Å². The van der Waals surface area contributed by atoms with Crippen molar-refractivity contribution in [1.82, 2.24) is 4.98 Å². The second-order valence-electron chi connectivity index (χ2n) is 6.03. The molecule has 1 aromatic carbocycles. The van der Waals surface area contributed by atoms with Crippen LogP contribution >= 0.6 is 0 Å². The Balaban J connectivity index is 1.76. The minimum atomic E-state index is 0.592. The van der Waals surface area contributed by atoms with E-state index in [0.717, 1.165) is 17.3 Å². The minimum absolute atomic E-state index is 0.592. The summed E-state index contributed by atoms with van der Waals surface area (Å²) in [6, 6.07) is 9.72. The van der Waals surface area contributed by atoms with Gasteiger partial charge in [-0.1, -0.05) is 6.07 Å². The molecule has 4 nitrogen and oxygen atoms in total. The third-order valence-electron chi connectivity index (χ3n) is 4.83. The normalized spacial score (nSPS) is 21.3. The first-order valence-corrected chi connectivity index (χ1v) is 7.64. The van der Waals surface area contributed by atoms with Gasteiger partial charge in [0.15, 0.2) is 0 Å². The van der Waals surface area contributed by atoms with Crippen molar-refractivity contribution >= 4 is 11.4 Å². The molecule has 4 heteroatoms. The number of anilines is 2. The molecule has 110 valence electrons. The standard InChI is InChI=1S/C18H17N3O/c1-22-18-17-13-6-5-12(8-13)16(17)15(10-20-18)21-14-4-2-3-11(7-14)9-19/h2-4,7,10,12-13,21H,5-6,8H2,1H3. The van der Waals surface area contributed by atoms with E-state index in [4.69, 9.17) is 10.00 Å². The SMILES string of the molecule is COc1ncc(Nc2cccc(C#N)c2)c2c1C1CCC2C1. The summed E-state index contributed by atoms with van der Waals surface area (Å²) in [5.74, 6) is 1.98. The van der Waals surface area contributed by atoms with Gasteiger partial charge in [-0.3, -0.25) is 0 Å². The Hall–Kier alpha value is -2.54. The summed E-state index contributed by atoms with van der Waals surface area (Å²) in [4.78, 5) is 4.48. The molecule has 0 amide bonds. The Morgan fingerprint density at radius 1 is 1.27 bits per heavy atom. The van der Waals surface area contributed by atoms with Crippen molar-refractivity contribution in [2.75, 3.05) is 12.4 Å². The van der Waals surface area contributed by atoms with E-state index in [2.05, 4.69) is 16.4 Å². The summed E-state index contributed by atoms with van der Waals surface area (Å²) in [6.45, 7) is 0. The lowest BCUT2D eigenvalue weighted by molar-refractivity contribution is 0.388. The molecule has 2 unspecified atom stereocenters. The minimum Gasteiger partial charge on any atom is -0.481 e. The molecule has 1 fully saturated rings. The van der Waals surface area contributed by atoms with Crippen molar-refractivity contribution in [1.29, 1.82) is 5.26 Å². The number of pyridine rings is 1. The third kappa shape index (κ3) is 1.93. The number of nitrogens with zero attached hydrogens (tertiary/aromatic N) is 2. The van der Waals surface area contributed by atoms with Gasteiger partial charge in [-0.15, -0.1) is 0 Å². The van der Waals surface area contributed by atoms with Gasteiger partial charge in [0.25, 0.3) is 0 Å². The Morgan fingerprint density at radius 2 is 2.09 bits per heavy atom. The zero-order valence-electron chi connectivity index (χ0n) is 12.5. The highest BCUT2D eigenvalue weighted by molar-refractivity contribution is 5.69. The van der Waals surface area contributed by atoms with Crippen molar-refractivity contribution in [3.05, 3.63) is 47.2 Å². The number of hydrogen-bond donors (Lipinski definition) is 1. The Labute approximate surface area is 129 Å². The van der Waals surface area contributed by atoms with Crippen LogP contribution in [0.5, 0.6) is 5.88 Å². The second kappa shape index (κ2) is 5.03. The molecule has 0 saturated heterocycles. The molecule has 0 spiro atoms. The van der Waals surface area contributed by atoms with E-state index in [-0.39, 0.29) is 0 Å². The van der Waals surface area contributed by atoms with E-state index >= 15 is 0 Å². The van der Waals surface area contributed by atoms with Crippen LogP contribution in [0, 0.1) is 11.3 Å². The quantitative estimate of drug-likeness (QED) is 0.926. The summed E-state index contributed by atoms with van der Waals surface area (Å²) in [7, 11) is 1.69. The number of fused-ring (bicyclic) bond motifs is 5. The van der Waals surface area contributed by atoms with Crippen LogP contribution in [0.2, 0.25) is 0 Å². The van der Waals surface area contributed by atoms with Crippen LogP contribution < -0.4 is 10.1 Å². The van der Waals surface area contributed by atoms with Gasteiger partial charge in [0, 0.05) is 11.3 Å². The van der Waals surface area contributed by atoms with Gasteiger partial charge in [0.1, 0.15) is 0 Å². The topological polar surface area (TPSA) is 57.9 Å². The smallest absolute Gasteiger partial charge is 0.216 e. The molecule has 1 saturated carbocycles. The van der Waals surface area contributed by atoms with Crippen LogP contribution in [-0.2, 0) is 0 Å². The molecular formula is C18H17N3O. The Kier molecular flexibility index (Phi) is 3.00. The lowest BCUT2D eigenvalue weighted by Gasteiger charge is -2.21. The van der Waals surface area contributed by atoms with Crippen molar-refractivity contribution in [3.63, 3.8) is 0 Å². The maximum atomic E-state index is 9.03. The monoisotopic (exact) mass is 291 g/mol. The van der Waals surface area contributed by atoms with Gasteiger partial charge in [-0.2, -0.15) is 5.26 Å². The van der Waals surface area contributed by atoms with Gasteiger partial charge in [-0.05, 0) is 54.9 Å². The van der Waals surface area contributed by atoms with Crippen molar-refractivity contribution in [2.24, 2.45) is 0 Å². The lowest BCUT2D eigenvalue weighted by Crippen LogP contribution is -2.07. The number of benzene rings is 1. The number of hydrogen-bond acceptors (Lipinski definition) is 4. The third-order valence-corrected chi connectivity index (χ3v) is 4.83. The average molecular weight is 291 g/mol. The summed E-state index contributed by atoms with van der Waals surface area (Å²) in [6.07, 6.45) is 5.56. The van der Waals surface area contributed by atoms with Gasteiger partial charge >= 0.3 is 0 Å². The summed E-state index contributed by atoms with van der Waals surface area (Å²) in [5, 5.41) is 12.5. The predicted octanol–water partition coefficient (Wildman–Crippen LogP) is 4.07. The van der Waals surface area contributed by atoms with E-state index in [1.54, 1.807) is 7.11 Å². The van der Waals surface area contributed by atoms with Crippen LogP contribution in [0.3, 0.4) is 0 Å². The number of aromatic nitrogens is 1. The largest absolute Gasteiger partial charge is 0.481 e. The first kappa shape index (κ1) is 13.1. The van der Waals surface area contributed by atoms with E-state index in [1.165, 1.54) is 30.4 Å². The van der Waals surface area contributed by atoms with Crippen molar-refractivity contribution in [3.8, 4) is 11.9 Å². The molecule has 4 rings (SSSR count). The van der Waals surface area contributed by atoms with E-state index in [0.29, 0.717) is 17.4 Å². The zero-order valence-corrected chi connectivity index (χ0v) is 12.5. The molecule has 2 aliphatic rings. The van der Waals surface area contributed by atoms with E-state index in [1.807, 2.05) is 30.5 Å². The maximum absolute atomic E-state index is 9.03. The van der Waals surface area contributed by atoms with Crippen LogP contribution in [-0.4, -0.2) is 12.1 Å². The molecule has 0 aliphatic heterocycles. The molecule has 2 atom stereocenters. The highest BCUT2D eigenvalue weighted by atomic mass is 16.5. The number of nitrogens with one attached hydrogen (secondary N) is 1. The molecule has 0 radical (unpaired) electrons. The molecule has 1 aromatic heterocycles. The fourth-order valence-electron chi connectivity index (χ4n) is 3.95. The van der Waals surface area contributed by atoms with Gasteiger partial charge < -0.3 is 10.1 Å². The van der Waals surface area contributed by atoms with E-state index in [9.17, 15) is 0 Å². The van der Waals surface area contributed by atoms with Crippen LogP contribution in [0.15, 0.2) is 30.5 Å². The molecule has 22 heavy (non-hydrogen) atoms. The molecule has 2 aromatic rings. The molecular weight excluding hydrogens is 274 g/mol. The zero-order chi connectivity index (χ0) is 15.1. The molecule has 1 heterocycles. The van der Waals surface area contributed by atoms with Crippen molar-refractivity contribution < 1.29 is 4.74 Å². The summed E-state index contributed by atoms with van der Waals surface area (Å²) < 4.78 is 5.47. The highest BCUT2D eigenvalue weighted by Gasteiger charge is 2.41.